The van der Waals surface area contributed by atoms with Crippen LogP contribution in [0.5, 0.6) is 11.5 Å². The van der Waals surface area contributed by atoms with Crippen LogP contribution in [0.4, 0.5) is 0 Å². The lowest BCUT2D eigenvalue weighted by molar-refractivity contribution is -0.153. The predicted octanol–water partition coefficient (Wildman–Crippen LogP) is 1.42. The van der Waals surface area contributed by atoms with Crippen LogP contribution in [0.3, 0.4) is 0 Å². The minimum absolute atomic E-state index is 0.0534. The number of nitrogens with one attached hydrogen (secondary N) is 1. The van der Waals surface area contributed by atoms with Gasteiger partial charge in [-0.2, -0.15) is 0 Å². The SMILES string of the molecule is CCOC(=O)C(O)c1cccc(OC2CCCNC2)c1OC. The van der Waals surface area contributed by atoms with Gasteiger partial charge in [-0.05, 0) is 32.4 Å². The monoisotopic (exact) mass is 309 g/mol. The molecule has 0 radical (unpaired) electrons. The fraction of sp³-hybridized carbons (Fsp3) is 0.562. The standard InChI is InChI=1S/C16H23NO5/c1-3-21-16(19)14(18)12-7-4-8-13(15(12)20-2)22-11-6-5-9-17-10-11/h4,7-8,11,14,17-18H,3,5-6,9-10H2,1-2H3. The molecule has 1 aromatic rings. The van der Waals surface area contributed by atoms with Gasteiger partial charge < -0.3 is 24.6 Å². The predicted molar refractivity (Wildman–Crippen MR) is 81.1 cm³/mol. The fourth-order valence-electron chi connectivity index (χ4n) is 2.51. The molecule has 0 spiro atoms. The smallest absolute Gasteiger partial charge is 0.339 e. The summed E-state index contributed by atoms with van der Waals surface area (Å²) in [6.07, 6.45) is 0.680. The lowest BCUT2D eigenvalue weighted by Crippen LogP contribution is -2.37. The van der Waals surface area contributed by atoms with Crippen LogP contribution < -0.4 is 14.8 Å². The molecule has 1 saturated heterocycles. The molecule has 6 heteroatoms. The van der Waals surface area contributed by atoms with E-state index in [9.17, 15) is 9.90 Å². The van der Waals surface area contributed by atoms with E-state index in [0.717, 1.165) is 25.9 Å². The maximum atomic E-state index is 11.7. The van der Waals surface area contributed by atoms with Gasteiger partial charge in [-0.15, -0.1) is 0 Å². The lowest BCUT2D eigenvalue weighted by Gasteiger charge is -2.25. The molecular formula is C16H23NO5. The van der Waals surface area contributed by atoms with Crippen LogP contribution >= 0.6 is 0 Å². The van der Waals surface area contributed by atoms with Crippen molar-refractivity contribution in [1.82, 2.24) is 5.32 Å². The molecular weight excluding hydrogens is 286 g/mol. The topological polar surface area (TPSA) is 77.0 Å². The number of hydrogen-bond donors (Lipinski definition) is 2. The first-order valence-corrected chi connectivity index (χ1v) is 7.56. The summed E-state index contributed by atoms with van der Waals surface area (Å²) in [6.45, 7) is 3.67. The third-order valence-corrected chi connectivity index (χ3v) is 3.56. The Hall–Kier alpha value is -1.79. The Morgan fingerprint density at radius 1 is 1.50 bits per heavy atom. The number of benzene rings is 1. The molecule has 122 valence electrons. The minimum Gasteiger partial charge on any atom is -0.492 e. The van der Waals surface area contributed by atoms with Crippen molar-refractivity contribution in [2.75, 3.05) is 26.8 Å². The molecule has 0 bridgehead atoms. The van der Waals surface area contributed by atoms with E-state index in [1.54, 1.807) is 25.1 Å². The molecule has 6 nitrogen and oxygen atoms in total. The number of rotatable bonds is 6. The summed E-state index contributed by atoms with van der Waals surface area (Å²) < 4.78 is 16.2. The van der Waals surface area contributed by atoms with Crippen molar-refractivity contribution in [1.29, 1.82) is 0 Å². The molecule has 0 aliphatic carbocycles. The van der Waals surface area contributed by atoms with Gasteiger partial charge in [0.15, 0.2) is 17.6 Å². The number of aliphatic hydroxyl groups excluding tert-OH is 1. The summed E-state index contributed by atoms with van der Waals surface area (Å²) >= 11 is 0. The number of piperidine rings is 1. The van der Waals surface area contributed by atoms with Crippen LogP contribution in [0, 0.1) is 0 Å². The zero-order chi connectivity index (χ0) is 15.9. The maximum Gasteiger partial charge on any atom is 0.339 e. The zero-order valence-electron chi connectivity index (χ0n) is 13.0. The molecule has 2 unspecified atom stereocenters. The largest absolute Gasteiger partial charge is 0.492 e. The van der Waals surface area contributed by atoms with Crippen LogP contribution in [-0.4, -0.2) is 44.0 Å². The molecule has 2 rings (SSSR count). The Labute approximate surface area is 130 Å². The highest BCUT2D eigenvalue weighted by molar-refractivity contribution is 5.77. The van der Waals surface area contributed by atoms with Crippen molar-refractivity contribution in [2.24, 2.45) is 0 Å². The number of aliphatic hydroxyl groups is 1. The highest BCUT2D eigenvalue weighted by atomic mass is 16.5. The number of methoxy groups -OCH3 is 1. The van der Waals surface area contributed by atoms with Crippen LogP contribution in [0.15, 0.2) is 18.2 Å². The first-order chi connectivity index (χ1) is 10.7. The molecule has 1 aromatic carbocycles. The molecule has 0 amide bonds. The molecule has 1 aliphatic heterocycles. The first kappa shape index (κ1) is 16.6. The second-order valence-corrected chi connectivity index (χ2v) is 5.12. The third kappa shape index (κ3) is 3.90. The Balaban J connectivity index is 2.20. The van der Waals surface area contributed by atoms with E-state index in [-0.39, 0.29) is 12.7 Å². The van der Waals surface area contributed by atoms with E-state index in [0.29, 0.717) is 17.1 Å². The summed E-state index contributed by atoms with van der Waals surface area (Å²) in [4.78, 5) is 11.7. The molecule has 1 heterocycles. The number of carbonyl (C=O) groups excluding carboxylic acids is 1. The van der Waals surface area contributed by atoms with Crippen molar-refractivity contribution >= 4 is 5.97 Å². The van der Waals surface area contributed by atoms with Gasteiger partial charge in [0, 0.05) is 12.1 Å². The van der Waals surface area contributed by atoms with Gasteiger partial charge in [0.1, 0.15) is 6.10 Å². The summed E-state index contributed by atoms with van der Waals surface area (Å²) in [5, 5.41) is 13.4. The normalized spacial score (nSPS) is 19.3. The molecule has 2 atom stereocenters. The van der Waals surface area contributed by atoms with Gasteiger partial charge in [0.25, 0.3) is 0 Å². The van der Waals surface area contributed by atoms with E-state index in [1.165, 1.54) is 7.11 Å². The van der Waals surface area contributed by atoms with E-state index in [1.807, 2.05) is 0 Å². The lowest BCUT2D eigenvalue weighted by atomic mass is 10.1. The Kier molecular flexibility index (Phi) is 6.03. The molecule has 1 aliphatic rings. The van der Waals surface area contributed by atoms with E-state index in [4.69, 9.17) is 14.2 Å². The maximum absolute atomic E-state index is 11.7. The summed E-state index contributed by atoms with van der Waals surface area (Å²) in [5.74, 6) is 0.197. The summed E-state index contributed by atoms with van der Waals surface area (Å²) in [6, 6.07) is 5.13. The number of ether oxygens (including phenoxy) is 3. The van der Waals surface area contributed by atoms with Crippen molar-refractivity contribution in [3.8, 4) is 11.5 Å². The highest BCUT2D eigenvalue weighted by Crippen LogP contribution is 2.36. The number of para-hydroxylation sites is 1. The summed E-state index contributed by atoms with van der Waals surface area (Å²) in [5.41, 5.74) is 0.349. The van der Waals surface area contributed by atoms with E-state index < -0.39 is 12.1 Å². The molecule has 0 aromatic heterocycles. The molecule has 2 N–H and O–H groups in total. The molecule has 0 saturated carbocycles. The number of hydrogen-bond acceptors (Lipinski definition) is 6. The average molecular weight is 309 g/mol. The van der Waals surface area contributed by atoms with E-state index in [2.05, 4.69) is 5.32 Å². The van der Waals surface area contributed by atoms with Gasteiger partial charge >= 0.3 is 5.97 Å². The van der Waals surface area contributed by atoms with Crippen molar-refractivity contribution in [2.45, 2.75) is 32.0 Å². The van der Waals surface area contributed by atoms with Crippen LogP contribution in [0.2, 0.25) is 0 Å². The van der Waals surface area contributed by atoms with Crippen LogP contribution in [0.25, 0.3) is 0 Å². The van der Waals surface area contributed by atoms with Crippen molar-refractivity contribution < 1.29 is 24.1 Å². The Bertz CT molecular complexity index is 499. The fourth-order valence-corrected chi connectivity index (χ4v) is 2.51. The minimum atomic E-state index is -1.39. The van der Waals surface area contributed by atoms with Gasteiger partial charge in [-0.1, -0.05) is 12.1 Å². The van der Waals surface area contributed by atoms with Gasteiger partial charge in [0.05, 0.1) is 13.7 Å². The first-order valence-electron chi connectivity index (χ1n) is 7.56. The number of esters is 1. The summed E-state index contributed by atoms with van der Waals surface area (Å²) in [7, 11) is 1.49. The second kappa shape index (κ2) is 8.00. The quantitative estimate of drug-likeness (QED) is 0.774. The third-order valence-electron chi connectivity index (χ3n) is 3.56. The highest BCUT2D eigenvalue weighted by Gasteiger charge is 2.25. The number of carbonyl (C=O) groups is 1. The van der Waals surface area contributed by atoms with E-state index >= 15 is 0 Å². The molecule has 1 fully saturated rings. The van der Waals surface area contributed by atoms with Crippen LogP contribution in [0.1, 0.15) is 31.4 Å². The Morgan fingerprint density at radius 3 is 2.95 bits per heavy atom. The van der Waals surface area contributed by atoms with Gasteiger partial charge in [0.2, 0.25) is 0 Å². The van der Waals surface area contributed by atoms with Gasteiger partial charge in [-0.25, -0.2) is 4.79 Å². The Morgan fingerprint density at radius 2 is 2.32 bits per heavy atom. The average Bonchev–Trinajstić information content (AvgIpc) is 2.55. The zero-order valence-corrected chi connectivity index (χ0v) is 13.0. The van der Waals surface area contributed by atoms with Crippen molar-refractivity contribution in [3.05, 3.63) is 23.8 Å². The molecule has 22 heavy (non-hydrogen) atoms. The van der Waals surface area contributed by atoms with Crippen LogP contribution in [-0.2, 0) is 9.53 Å². The van der Waals surface area contributed by atoms with Crippen molar-refractivity contribution in [3.63, 3.8) is 0 Å². The van der Waals surface area contributed by atoms with Gasteiger partial charge in [-0.3, -0.25) is 0 Å². The second-order valence-electron chi connectivity index (χ2n) is 5.12.